The molecule has 2 rings (SSSR count). The van der Waals surface area contributed by atoms with Crippen molar-refractivity contribution in [1.82, 2.24) is 0 Å². The zero-order valence-corrected chi connectivity index (χ0v) is 10.5. The molecule has 0 radical (unpaired) electrons. The van der Waals surface area contributed by atoms with E-state index in [1.165, 1.54) is 6.07 Å². The van der Waals surface area contributed by atoms with Crippen LogP contribution >= 0.6 is 15.9 Å². The number of ketones is 1. The number of carbonyl (C=O) groups is 1. The van der Waals surface area contributed by atoms with Crippen LogP contribution in [0.4, 0.5) is 13.2 Å². The molecule has 0 spiro atoms. The second-order valence-corrected chi connectivity index (χ2v) is 4.41. The maximum Gasteiger partial charge on any atom is 0.200 e. The maximum absolute atomic E-state index is 13.5. The Bertz CT molecular complexity index is 602. The smallest absolute Gasteiger partial charge is 0.200 e. The molecule has 0 N–H and O–H groups in total. The quantitative estimate of drug-likeness (QED) is 0.763. The topological polar surface area (TPSA) is 17.1 Å². The number of benzene rings is 2. The predicted octanol–water partition coefficient (Wildman–Crippen LogP) is 4.10. The number of carbonyl (C=O) groups excluding carboxylic acids is 1. The fourth-order valence-electron chi connectivity index (χ4n) is 1.54. The Hall–Kier alpha value is -1.62. The first-order chi connectivity index (χ1) is 8.50. The number of hydrogen-bond donors (Lipinski definition) is 0. The number of halogens is 4. The first-order valence-corrected chi connectivity index (χ1v) is 5.74. The highest BCUT2D eigenvalue weighted by Gasteiger charge is 2.21. The molecule has 0 fully saturated rings. The highest BCUT2D eigenvalue weighted by atomic mass is 79.9. The number of hydrogen-bond acceptors (Lipinski definition) is 1. The Kier molecular flexibility index (Phi) is 3.52. The maximum atomic E-state index is 13.5. The molecule has 5 heteroatoms. The van der Waals surface area contributed by atoms with Crippen LogP contribution in [0.3, 0.4) is 0 Å². The van der Waals surface area contributed by atoms with Gasteiger partial charge in [0.25, 0.3) is 0 Å². The van der Waals surface area contributed by atoms with E-state index in [4.69, 9.17) is 0 Å². The molecule has 18 heavy (non-hydrogen) atoms. The molecule has 0 saturated heterocycles. The molecule has 0 unspecified atom stereocenters. The molecule has 0 amide bonds. The summed E-state index contributed by atoms with van der Waals surface area (Å²) in [5.74, 6) is -4.33. The lowest BCUT2D eigenvalue weighted by Crippen LogP contribution is -2.08. The van der Waals surface area contributed by atoms with Crippen LogP contribution in [0.2, 0.25) is 0 Å². The average Bonchev–Trinajstić information content (AvgIpc) is 2.27. The molecule has 0 aliphatic rings. The van der Waals surface area contributed by atoms with Crippen molar-refractivity contribution in [2.75, 3.05) is 0 Å². The van der Waals surface area contributed by atoms with Gasteiger partial charge in [-0.1, -0.05) is 28.1 Å². The van der Waals surface area contributed by atoms with Crippen LogP contribution in [0.1, 0.15) is 15.9 Å². The van der Waals surface area contributed by atoms with Crippen LogP contribution < -0.4 is 0 Å². The van der Waals surface area contributed by atoms with Crippen molar-refractivity contribution in [2.45, 2.75) is 0 Å². The van der Waals surface area contributed by atoms with Gasteiger partial charge < -0.3 is 0 Å². The predicted molar refractivity (Wildman–Crippen MR) is 63.9 cm³/mol. The Labute approximate surface area is 109 Å². The minimum absolute atomic E-state index is 0.113. The fourth-order valence-corrected chi connectivity index (χ4v) is 2.00. The van der Waals surface area contributed by atoms with Crippen molar-refractivity contribution in [2.24, 2.45) is 0 Å². The van der Waals surface area contributed by atoms with Gasteiger partial charge in [0.2, 0.25) is 0 Å². The van der Waals surface area contributed by atoms with Crippen LogP contribution in [0.15, 0.2) is 40.9 Å². The average molecular weight is 315 g/mol. The molecule has 0 bridgehead atoms. The Balaban J connectivity index is 2.57. The number of rotatable bonds is 2. The van der Waals surface area contributed by atoms with Crippen LogP contribution in [-0.4, -0.2) is 5.78 Å². The summed E-state index contributed by atoms with van der Waals surface area (Å²) in [4.78, 5) is 12.0. The zero-order chi connectivity index (χ0) is 13.3. The zero-order valence-electron chi connectivity index (χ0n) is 8.88. The van der Waals surface area contributed by atoms with Gasteiger partial charge >= 0.3 is 0 Å². The Morgan fingerprint density at radius 2 is 1.56 bits per heavy atom. The van der Waals surface area contributed by atoms with Gasteiger partial charge in [-0.2, -0.15) is 0 Å². The van der Waals surface area contributed by atoms with Gasteiger partial charge in [-0.3, -0.25) is 4.79 Å². The van der Waals surface area contributed by atoms with E-state index in [2.05, 4.69) is 15.9 Å². The summed E-state index contributed by atoms with van der Waals surface area (Å²) in [7, 11) is 0. The minimum Gasteiger partial charge on any atom is -0.288 e. The van der Waals surface area contributed by atoms with Crippen LogP contribution in [-0.2, 0) is 0 Å². The third-order valence-corrected chi connectivity index (χ3v) is 3.04. The highest BCUT2D eigenvalue weighted by molar-refractivity contribution is 9.10. The largest absolute Gasteiger partial charge is 0.288 e. The molecule has 0 atom stereocenters. The van der Waals surface area contributed by atoms with Gasteiger partial charge in [0, 0.05) is 22.2 Å². The molecule has 2 aromatic rings. The molecular weight excluding hydrogens is 309 g/mol. The molecule has 2 aromatic carbocycles. The van der Waals surface area contributed by atoms with Crippen molar-refractivity contribution in [3.63, 3.8) is 0 Å². The molecule has 0 saturated carbocycles. The molecule has 1 nitrogen and oxygen atoms in total. The van der Waals surface area contributed by atoms with E-state index in [0.717, 1.165) is 0 Å². The fraction of sp³-hybridized carbons (Fsp3) is 0. The lowest BCUT2D eigenvalue weighted by molar-refractivity contribution is 0.103. The normalized spacial score (nSPS) is 10.4. The summed E-state index contributed by atoms with van der Waals surface area (Å²) >= 11 is 3.12. The summed E-state index contributed by atoms with van der Waals surface area (Å²) in [5.41, 5.74) is -0.648. The van der Waals surface area contributed by atoms with Crippen molar-refractivity contribution in [3.8, 4) is 0 Å². The third kappa shape index (κ3) is 2.31. The molecular formula is C13H6BrF3O. The van der Waals surface area contributed by atoms with Crippen molar-refractivity contribution >= 4 is 21.7 Å². The van der Waals surface area contributed by atoms with Crippen LogP contribution in [0.25, 0.3) is 0 Å². The third-order valence-electron chi connectivity index (χ3n) is 2.35. The van der Waals surface area contributed by atoms with Crippen molar-refractivity contribution < 1.29 is 18.0 Å². The van der Waals surface area contributed by atoms with Gasteiger partial charge in [-0.05, 0) is 12.1 Å². The van der Waals surface area contributed by atoms with Gasteiger partial charge in [0.05, 0.1) is 5.56 Å². The highest BCUT2D eigenvalue weighted by Crippen LogP contribution is 2.23. The summed E-state index contributed by atoms with van der Waals surface area (Å²) in [6.45, 7) is 0. The summed E-state index contributed by atoms with van der Waals surface area (Å²) < 4.78 is 40.1. The van der Waals surface area contributed by atoms with E-state index in [1.807, 2.05) is 0 Å². The SMILES string of the molecule is O=C(c1ccccc1Br)c1c(F)cc(F)cc1F. The van der Waals surface area contributed by atoms with E-state index >= 15 is 0 Å². The van der Waals surface area contributed by atoms with E-state index in [-0.39, 0.29) is 5.56 Å². The van der Waals surface area contributed by atoms with Crippen molar-refractivity contribution in [1.29, 1.82) is 0 Å². The van der Waals surface area contributed by atoms with Gasteiger partial charge in [0.15, 0.2) is 5.78 Å². The van der Waals surface area contributed by atoms with Gasteiger partial charge in [-0.25, -0.2) is 13.2 Å². The Morgan fingerprint density at radius 3 is 2.11 bits per heavy atom. The lowest BCUT2D eigenvalue weighted by Gasteiger charge is -2.06. The summed E-state index contributed by atoms with van der Waals surface area (Å²) in [6.07, 6.45) is 0. The molecule has 0 aliphatic heterocycles. The van der Waals surface area contributed by atoms with Crippen molar-refractivity contribution in [3.05, 3.63) is 69.4 Å². The van der Waals surface area contributed by atoms with E-state index in [0.29, 0.717) is 16.6 Å². The summed E-state index contributed by atoms with van der Waals surface area (Å²) in [6, 6.07) is 7.19. The molecule has 0 aliphatic carbocycles. The molecule has 0 aromatic heterocycles. The van der Waals surface area contributed by atoms with E-state index in [9.17, 15) is 18.0 Å². The van der Waals surface area contributed by atoms with Crippen LogP contribution in [0.5, 0.6) is 0 Å². The standard InChI is InChI=1S/C13H6BrF3O/c14-9-4-2-1-3-8(9)13(18)12-10(16)5-7(15)6-11(12)17/h1-6H. The summed E-state index contributed by atoms with van der Waals surface area (Å²) in [5, 5.41) is 0. The minimum atomic E-state index is -1.21. The Morgan fingerprint density at radius 1 is 1.00 bits per heavy atom. The van der Waals surface area contributed by atoms with Gasteiger partial charge in [0.1, 0.15) is 17.5 Å². The monoisotopic (exact) mass is 314 g/mol. The molecule has 0 heterocycles. The first-order valence-electron chi connectivity index (χ1n) is 4.94. The van der Waals surface area contributed by atoms with E-state index < -0.39 is 28.8 Å². The lowest BCUT2D eigenvalue weighted by atomic mass is 10.0. The second-order valence-electron chi connectivity index (χ2n) is 3.55. The van der Waals surface area contributed by atoms with Gasteiger partial charge in [-0.15, -0.1) is 0 Å². The van der Waals surface area contributed by atoms with Crippen LogP contribution in [0, 0.1) is 17.5 Å². The second kappa shape index (κ2) is 4.94. The first kappa shape index (κ1) is 12.8. The molecule has 92 valence electrons. The van der Waals surface area contributed by atoms with E-state index in [1.54, 1.807) is 18.2 Å².